The van der Waals surface area contributed by atoms with Crippen LogP contribution in [0, 0.1) is 19.7 Å². The minimum absolute atomic E-state index is 0.126. The summed E-state index contributed by atoms with van der Waals surface area (Å²) >= 11 is 3.28. The molecule has 0 fully saturated rings. The molecule has 2 aromatic rings. The third-order valence-corrected chi connectivity index (χ3v) is 3.23. The Morgan fingerprint density at radius 1 is 1.32 bits per heavy atom. The molecule has 1 heterocycles. The first-order valence-corrected chi connectivity index (χ1v) is 6.60. The second-order valence-electron chi connectivity index (χ2n) is 4.25. The highest BCUT2D eigenvalue weighted by atomic mass is 79.9. The van der Waals surface area contributed by atoms with E-state index in [-0.39, 0.29) is 5.75 Å². The fourth-order valence-electron chi connectivity index (χ4n) is 1.82. The van der Waals surface area contributed by atoms with Crippen molar-refractivity contribution in [2.45, 2.75) is 20.4 Å². The van der Waals surface area contributed by atoms with Crippen LogP contribution in [0.4, 0.5) is 4.39 Å². The summed E-state index contributed by atoms with van der Waals surface area (Å²) in [6, 6.07) is 6.44. The summed E-state index contributed by atoms with van der Waals surface area (Å²) in [4.78, 5) is 4.29. The molecule has 0 radical (unpaired) electrons. The lowest BCUT2D eigenvalue weighted by atomic mass is 10.1. The van der Waals surface area contributed by atoms with E-state index in [0.717, 1.165) is 21.3 Å². The molecule has 2 rings (SSSR count). The number of nitrogens with zero attached hydrogens (tertiary/aromatic N) is 1. The van der Waals surface area contributed by atoms with Crippen LogP contribution >= 0.6 is 15.9 Å². The van der Waals surface area contributed by atoms with Gasteiger partial charge in [-0.25, -0.2) is 9.37 Å². The predicted octanol–water partition coefficient (Wildman–Crippen LogP) is 3.85. The first kappa shape index (κ1) is 14.0. The number of aromatic nitrogens is 1. The summed E-state index contributed by atoms with van der Waals surface area (Å²) in [6.45, 7) is 4.09. The molecule has 19 heavy (non-hydrogen) atoms. The van der Waals surface area contributed by atoms with Crippen LogP contribution < -0.4 is 10.5 Å². The summed E-state index contributed by atoms with van der Waals surface area (Å²) < 4.78 is 20.0. The van der Waals surface area contributed by atoms with E-state index < -0.39 is 5.82 Å². The van der Waals surface area contributed by atoms with E-state index in [0.29, 0.717) is 12.4 Å². The first-order valence-electron chi connectivity index (χ1n) is 5.81. The van der Waals surface area contributed by atoms with Gasteiger partial charge in [0, 0.05) is 22.3 Å². The monoisotopic (exact) mass is 324 g/mol. The Bertz CT molecular complexity index is 617. The molecule has 0 aliphatic carbocycles. The third kappa shape index (κ3) is 3.11. The van der Waals surface area contributed by atoms with E-state index in [1.807, 2.05) is 19.9 Å². The predicted molar refractivity (Wildman–Crippen MR) is 75.8 cm³/mol. The van der Waals surface area contributed by atoms with Crippen molar-refractivity contribution in [3.63, 3.8) is 0 Å². The van der Waals surface area contributed by atoms with Gasteiger partial charge in [-0.2, -0.15) is 0 Å². The van der Waals surface area contributed by atoms with Crippen molar-refractivity contribution in [2.75, 3.05) is 0 Å². The van der Waals surface area contributed by atoms with E-state index in [1.165, 1.54) is 6.07 Å². The average Bonchev–Trinajstić information content (AvgIpc) is 2.33. The van der Waals surface area contributed by atoms with E-state index in [9.17, 15) is 4.39 Å². The molecule has 0 aliphatic rings. The van der Waals surface area contributed by atoms with Crippen LogP contribution in [0.15, 0.2) is 28.7 Å². The number of aryl methyl sites for hydroxylation is 2. The lowest BCUT2D eigenvalue weighted by Crippen LogP contribution is -2.05. The summed E-state index contributed by atoms with van der Waals surface area (Å²) in [6.07, 6.45) is 0. The van der Waals surface area contributed by atoms with Crippen molar-refractivity contribution in [1.29, 1.82) is 0 Å². The van der Waals surface area contributed by atoms with E-state index in [1.54, 1.807) is 12.1 Å². The molecule has 0 bridgehead atoms. The maximum atomic E-state index is 13.7. The van der Waals surface area contributed by atoms with Gasteiger partial charge >= 0.3 is 0 Å². The van der Waals surface area contributed by atoms with Crippen LogP contribution in [0.2, 0.25) is 0 Å². The number of nitrogens with two attached hydrogens (primary N) is 1. The van der Waals surface area contributed by atoms with Gasteiger partial charge in [0.2, 0.25) is 5.88 Å². The topological polar surface area (TPSA) is 48.1 Å². The van der Waals surface area contributed by atoms with Crippen LogP contribution in [0.1, 0.15) is 16.8 Å². The number of halogens is 2. The molecule has 0 saturated carbocycles. The zero-order valence-corrected chi connectivity index (χ0v) is 12.3. The number of hydrogen-bond donors (Lipinski definition) is 1. The highest BCUT2D eigenvalue weighted by molar-refractivity contribution is 9.10. The SMILES string of the molecule is Cc1cc(C)c(CN)c(Oc2cc(Br)ccc2F)n1. The fourth-order valence-corrected chi connectivity index (χ4v) is 2.16. The molecular weight excluding hydrogens is 311 g/mol. The van der Waals surface area contributed by atoms with Gasteiger partial charge < -0.3 is 10.5 Å². The second kappa shape index (κ2) is 5.67. The van der Waals surface area contributed by atoms with Crippen LogP contribution in [0.5, 0.6) is 11.6 Å². The standard InChI is InChI=1S/C14H14BrFN2O/c1-8-5-9(2)18-14(11(8)7-17)19-13-6-10(15)3-4-12(13)16/h3-6H,7,17H2,1-2H3. The van der Waals surface area contributed by atoms with Gasteiger partial charge in [-0.3, -0.25) is 0 Å². The lowest BCUT2D eigenvalue weighted by molar-refractivity contribution is 0.421. The van der Waals surface area contributed by atoms with Crippen LogP contribution in [0.3, 0.4) is 0 Å². The molecule has 3 nitrogen and oxygen atoms in total. The third-order valence-electron chi connectivity index (χ3n) is 2.74. The molecule has 0 amide bonds. The number of hydrogen-bond acceptors (Lipinski definition) is 3. The van der Waals surface area contributed by atoms with E-state index in [2.05, 4.69) is 20.9 Å². The molecule has 1 aromatic heterocycles. The Kier molecular flexibility index (Phi) is 4.17. The smallest absolute Gasteiger partial charge is 0.224 e. The highest BCUT2D eigenvalue weighted by Crippen LogP contribution is 2.29. The first-order chi connectivity index (χ1) is 9.01. The molecule has 0 spiro atoms. The fraction of sp³-hybridized carbons (Fsp3) is 0.214. The maximum absolute atomic E-state index is 13.7. The summed E-state index contributed by atoms with van der Waals surface area (Å²) in [7, 11) is 0. The average molecular weight is 325 g/mol. The van der Waals surface area contributed by atoms with Gasteiger partial charge in [0.05, 0.1) is 0 Å². The molecule has 0 unspecified atom stereocenters. The van der Waals surface area contributed by atoms with Crippen molar-refractivity contribution >= 4 is 15.9 Å². The molecule has 0 atom stereocenters. The molecule has 0 saturated heterocycles. The molecule has 2 N–H and O–H groups in total. The maximum Gasteiger partial charge on any atom is 0.224 e. The van der Waals surface area contributed by atoms with Gasteiger partial charge in [0.1, 0.15) is 0 Å². The normalized spacial score (nSPS) is 10.6. The molecule has 1 aromatic carbocycles. The lowest BCUT2D eigenvalue weighted by Gasteiger charge is -2.13. The van der Waals surface area contributed by atoms with Crippen molar-refractivity contribution in [3.05, 3.63) is 51.4 Å². The van der Waals surface area contributed by atoms with E-state index >= 15 is 0 Å². The number of benzene rings is 1. The van der Waals surface area contributed by atoms with Gasteiger partial charge in [-0.05, 0) is 43.7 Å². The molecular formula is C14H14BrFN2O. The molecule has 100 valence electrons. The Balaban J connectivity index is 2.45. The zero-order valence-electron chi connectivity index (χ0n) is 10.7. The molecule has 0 aliphatic heterocycles. The van der Waals surface area contributed by atoms with Crippen LogP contribution in [-0.2, 0) is 6.54 Å². The van der Waals surface area contributed by atoms with Gasteiger partial charge in [0.25, 0.3) is 0 Å². The van der Waals surface area contributed by atoms with Crippen LogP contribution in [0.25, 0.3) is 0 Å². The van der Waals surface area contributed by atoms with Crippen molar-refractivity contribution in [1.82, 2.24) is 4.98 Å². The van der Waals surface area contributed by atoms with Gasteiger partial charge in [-0.1, -0.05) is 15.9 Å². The number of ether oxygens (including phenoxy) is 1. The van der Waals surface area contributed by atoms with Gasteiger partial charge in [-0.15, -0.1) is 0 Å². The zero-order chi connectivity index (χ0) is 14.0. The Labute approximate surface area is 119 Å². The Hall–Kier alpha value is -1.46. The summed E-state index contributed by atoms with van der Waals surface area (Å²) in [5.74, 6) is 0.0469. The van der Waals surface area contributed by atoms with Crippen molar-refractivity contribution in [2.24, 2.45) is 5.73 Å². The minimum atomic E-state index is -0.438. The van der Waals surface area contributed by atoms with Crippen molar-refractivity contribution in [3.8, 4) is 11.6 Å². The largest absolute Gasteiger partial charge is 0.436 e. The quantitative estimate of drug-likeness (QED) is 0.932. The molecule has 5 heteroatoms. The van der Waals surface area contributed by atoms with Crippen molar-refractivity contribution < 1.29 is 9.13 Å². The second-order valence-corrected chi connectivity index (χ2v) is 5.16. The Morgan fingerprint density at radius 2 is 2.05 bits per heavy atom. The van der Waals surface area contributed by atoms with Crippen LogP contribution in [-0.4, -0.2) is 4.98 Å². The highest BCUT2D eigenvalue weighted by Gasteiger charge is 2.12. The number of pyridine rings is 1. The van der Waals surface area contributed by atoms with Gasteiger partial charge in [0.15, 0.2) is 11.6 Å². The number of rotatable bonds is 3. The van der Waals surface area contributed by atoms with E-state index in [4.69, 9.17) is 10.5 Å². The summed E-state index contributed by atoms with van der Waals surface area (Å²) in [5, 5.41) is 0. The Morgan fingerprint density at radius 3 is 2.74 bits per heavy atom. The summed E-state index contributed by atoms with van der Waals surface area (Å²) in [5.41, 5.74) is 8.27. The minimum Gasteiger partial charge on any atom is -0.436 e.